The minimum Gasteiger partial charge on any atom is -0.441 e. The second kappa shape index (κ2) is 9.31. The van der Waals surface area contributed by atoms with Crippen LogP contribution in [0.1, 0.15) is 56.4 Å². The van der Waals surface area contributed by atoms with E-state index in [1.165, 1.54) is 19.3 Å². The Morgan fingerprint density at radius 3 is 2.69 bits per heavy atom. The fourth-order valence-corrected chi connectivity index (χ4v) is 4.61. The second-order valence-corrected chi connectivity index (χ2v) is 8.88. The zero-order chi connectivity index (χ0) is 20.2. The first kappa shape index (κ1) is 20.4. The molecular formula is C23H30ClN3O2. The van der Waals surface area contributed by atoms with Crippen molar-refractivity contribution >= 4 is 17.5 Å². The van der Waals surface area contributed by atoms with Crippen molar-refractivity contribution in [3.05, 3.63) is 40.7 Å². The summed E-state index contributed by atoms with van der Waals surface area (Å²) in [5, 5.41) is 4.00. The predicted octanol–water partition coefficient (Wildman–Crippen LogP) is 4.96. The molecule has 1 aromatic carbocycles. The maximum absolute atomic E-state index is 12.8. The Balaban J connectivity index is 1.36. The minimum atomic E-state index is 0.0774. The van der Waals surface area contributed by atoms with Crippen molar-refractivity contribution in [2.45, 2.75) is 64.5 Å². The largest absolute Gasteiger partial charge is 0.441 e. The maximum Gasteiger partial charge on any atom is 0.226 e. The molecule has 0 radical (unpaired) electrons. The Labute approximate surface area is 177 Å². The van der Waals surface area contributed by atoms with Crippen molar-refractivity contribution in [2.24, 2.45) is 5.92 Å². The van der Waals surface area contributed by atoms with E-state index in [0.29, 0.717) is 17.0 Å². The van der Waals surface area contributed by atoms with Gasteiger partial charge in [0.1, 0.15) is 5.76 Å². The van der Waals surface area contributed by atoms with Crippen molar-refractivity contribution in [1.29, 1.82) is 0 Å². The molecule has 1 saturated carbocycles. The number of nitrogens with zero attached hydrogens (tertiary/aromatic N) is 2. The monoisotopic (exact) mass is 415 g/mol. The summed E-state index contributed by atoms with van der Waals surface area (Å²) >= 11 is 5.97. The smallest absolute Gasteiger partial charge is 0.226 e. The number of benzene rings is 1. The normalized spacial score (nSPS) is 21.2. The first-order valence-corrected chi connectivity index (χ1v) is 11.2. The summed E-state index contributed by atoms with van der Waals surface area (Å²) in [6.07, 6.45) is 8.07. The molecule has 5 nitrogen and oxygen atoms in total. The van der Waals surface area contributed by atoms with Gasteiger partial charge in [-0.2, -0.15) is 0 Å². The van der Waals surface area contributed by atoms with Crippen molar-refractivity contribution in [3.63, 3.8) is 0 Å². The topological polar surface area (TPSA) is 58.4 Å². The molecule has 156 valence electrons. The lowest BCUT2D eigenvalue weighted by atomic mass is 9.93. The molecule has 1 aliphatic heterocycles. The Morgan fingerprint density at radius 1 is 1.17 bits per heavy atom. The van der Waals surface area contributed by atoms with Gasteiger partial charge < -0.3 is 9.73 Å². The summed E-state index contributed by atoms with van der Waals surface area (Å²) < 4.78 is 5.90. The van der Waals surface area contributed by atoms with Gasteiger partial charge in [0.25, 0.3) is 0 Å². The van der Waals surface area contributed by atoms with Crippen molar-refractivity contribution in [1.82, 2.24) is 15.2 Å². The molecule has 1 saturated heterocycles. The van der Waals surface area contributed by atoms with E-state index in [4.69, 9.17) is 21.0 Å². The summed E-state index contributed by atoms with van der Waals surface area (Å²) in [5.41, 5.74) is 1.87. The van der Waals surface area contributed by atoms with Gasteiger partial charge in [0.15, 0.2) is 0 Å². The van der Waals surface area contributed by atoms with Gasteiger partial charge in [0.2, 0.25) is 11.8 Å². The lowest BCUT2D eigenvalue weighted by Crippen LogP contribution is -2.46. The number of nitrogens with one attached hydrogen (secondary N) is 1. The number of amides is 1. The molecule has 2 fully saturated rings. The number of hydrogen-bond donors (Lipinski definition) is 1. The lowest BCUT2D eigenvalue weighted by Gasteiger charge is -2.33. The summed E-state index contributed by atoms with van der Waals surface area (Å²) in [6.45, 7) is 4.46. The Kier molecular flexibility index (Phi) is 6.56. The van der Waals surface area contributed by atoms with E-state index in [1.54, 1.807) is 0 Å². The van der Waals surface area contributed by atoms with Gasteiger partial charge in [-0.15, -0.1) is 0 Å². The van der Waals surface area contributed by atoms with E-state index >= 15 is 0 Å². The van der Waals surface area contributed by atoms with E-state index in [1.807, 2.05) is 31.2 Å². The van der Waals surface area contributed by atoms with E-state index in [2.05, 4.69) is 10.2 Å². The number of carbonyl (C=O) groups is 1. The number of aryl methyl sites for hydroxylation is 1. The molecule has 1 aliphatic carbocycles. The molecule has 2 heterocycles. The average molecular weight is 416 g/mol. The molecule has 1 amide bonds. The molecule has 1 aromatic heterocycles. The van der Waals surface area contributed by atoms with Crippen LogP contribution in [0.4, 0.5) is 0 Å². The third-order valence-electron chi connectivity index (χ3n) is 6.19. The number of likely N-dealkylation sites (tertiary alicyclic amines) is 1. The van der Waals surface area contributed by atoms with Gasteiger partial charge in [-0.05, 0) is 63.4 Å². The highest BCUT2D eigenvalue weighted by Gasteiger charge is 2.28. The summed E-state index contributed by atoms with van der Waals surface area (Å²) in [5.74, 6) is 1.77. The summed E-state index contributed by atoms with van der Waals surface area (Å²) in [6, 6.07) is 7.91. The SMILES string of the molecule is Cc1oc(-c2ccc(Cl)cc2)nc1CN1CCC[C@@H](C(=O)NC2CCCCC2)C1. The standard InChI is InChI=1S/C23H30ClN3O2/c1-16-21(26-23(29-16)17-9-11-19(24)12-10-17)15-27-13-5-6-18(14-27)22(28)25-20-7-3-2-4-8-20/h9-12,18,20H,2-8,13-15H2,1H3,(H,25,28)/t18-/m1/s1. The molecule has 29 heavy (non-hydrogen) atoms. The first-order chi connectivity index (χ1) is 14.1. The van der Waals surface area contributed by atoms with Gasteiger partial charge in [-0.3, -0.25) is 9.69 Å². The molecule has 2 aliphatic rings. The van der Waals surface area contributed by atoms with E-state index in [9.17, 15) is 4.79 Å². The van der Waals surface area contributed by atoms with E-state index < -0.39 is 0 Å². The van der Waals surface area contributed by atoms with Gasteiger partial charge in [0, 0.05) is 29.7 Å². The van der Waals surface area contributed by atoms with Crippen LogP contribution in [0.2, 0.25) is 5.02 Å². The fraction of sp³-hybridized carbons (Fsp3) is 0.565. The van der Waals surface area contributed by atoms with Crippen LogP contribution in [-0.4, -0.2) is 34.9 Å². The van der Waals surface area contributed by atoms with Crippen LogP contribution < -0.4 is 5.32 Å². The fourth-order valence-electron chi connectivity index (χ4n) is 4.48. The van der Waals surface area contributed by atoms with E-state index in [-0.39, 0.29) is 11.8 Å². The number of oxazole rings is 1. The van der Waals surface area contributed by atoms with E-state index in [0.717, 1.165) is 62.3 Å². The quantitative estimate of drug-likeness (QED) is 0.749. The Hall–Kier alpha value is -1.85. The zero-order valence-electron chi connectivity index (χ0n) is 17.1. The molecule has 6 heteroatoms. The van der Waals surface area contributed by atoms with Crippen molar-refractivity contribution < 1.29 is 9.21 Å². The van der Waals surface area contributed by atoms with Gasteiger partial charge >= 0.3 is 0 Å². The highest BCUT2D eigenvalue weighted by Crippen LogP contribution is 2.26. The number of aromatic nitrogens is 1. The molecule has 0 unspecified atom stereocenters. The zero-order valence-corrected chi connectivity index (χ0v) is 17.9. The van der Waals surface area contributed by atoms with Crippen LogP contribution in [0.25, 0.3) is 11.5 Å². The molecule has 1 N–H and O–H groups in total. The predicted molar refractivity (Wildman–Crippen MR) is 115 cm³/mol. The molecule has 2 aromatic rings. The van der Waals surface area contributed by atoms with Crippen molar-refractivity contribution in [2.75, 3.05) is 13.1 Å². The van der Waals surface area contributed by atoms with Crippen LogP contribution >= 0.6 is 11.6 Å². The van der Waals surface area contributed by atoms with Crippen LogP contribution in [0.3, 0.4) is 0 Å². The number of piperidine rings is 1. The Bertz CT molecular complexity index is 827. The average Bonchev–Trinajstić information content (AvgIpc) is 3.10. The van der Waals surface area contributed by atoms with Crippen LogP contribution in [0.5, 0.6) is 0 Å². The number of hydrogen-bond acceptors (Lipinski definition) is 4. The first-order valence-electron chi connectivity index (χ1n) is 10.8. The van der Waals surface area contributed by atoms with Crippen LogP contribution in [0.15, 0.2) is 28.7 Å². The Morgan fingerprint density at radius 2 is 1.93 bits per heavy atom. The number of carbonyl (C=O) groups excluding carboxylic acids is 1. The number of rotatable bonds is 5. The second-order valence-electron chi connectivity index (χ2n) is 8.45. The molecule has 0 spiro atoms. The van der Waals surface area contributed by atoms with Gasteiger partial charge in [-0.1, -0.05) is 30.9 Å². The molecule has 0 bridgehead atoms. The summed E-state index contributed by atoms with van der Waals surface area (Å²) in [7, 11) is 0. The number of halogens is 1. The molecule has 4 rings (SSSR count). The lowest BCUT2D eigenvalue weighted by molar-refractivity contribution is -0.127. The third kappa shape index (κ3) is 5.20. The highest BCUT2D eigenvalue weighted by molar-refractivity contribution is 6.30. The molecular weight excluding hydrogens is 386 g/mol. The molecule has 1 atom stereocenters. The van der Waals surface area contributed by atoms with Gasteiger partial charge in [-0.25, -0.2) is 4.98 Å². The van der Waals surface area contributed by atoms with Crippen LogP contribution in [0, 0.1) is 12.8 Å². The van der Waals surface area contributed by atoms with Crippen molar-refractivity contribution in [3.8, 4) is 11.5 Å². The van der Waals surface area contributed by atoms with Crippen LogP contribution in [-0.2, 0) is 11.3 Å². The summed E-state index contributed by atoms with van der Waals surface area (Å²) in [4.78, 5) is 19.8. The minimum absolute atomic E-state index is 0.0774. The highest BCUT2D eigenvalue weighted by atomic mass is 35.5. The maximum atomic E-state index is 12.8. The third-order valence-corrected chi connectivity index (χ3v) is 6.44. The van der Waals surface area contributed by atoms with Gasteiger partial charge in [0.05, 0.1) is 11.6 Å².